The first-order valence-electron chi connectivity index (χ1n) is 11.6. The fourth-order valence-electron chi connectivity index (χ4n) is 3.38. The molecule has 2 rings (SSSR count). The van der Waals surface area contributed by atoms with Crippen LogP contribution in [0.25, 0.3) is 0 Å². The zero-order valence-electron chi connectivity index (χ0n) is 19.2. The van der Waals surface area contributed by atoms with Gasteiger partial charge in [-0.3, -0.25) is 0 Å². The van der Waals surface area contributed by atoms with Crippen molar-refractivity contribution in [3.8, 4) is 11.5 Å². The van der Waals surface area contributed by atoms with Crippen LogP contribution >= 0.6 is 0 Å². The SMILES string of the molecule is CCCCCCCCc1ccc(O)c(F)c1F.CCCCCCc1ccc(O)c(F)c1F. The number of benzene rings is 2. The maximum Gasteiger partial charge on any atom is 0.200 e. The van der Waals surface area contributed by atoms with E-state index in [1.807, 2.05) is 0 Å². The quantitative estimate of drug-likeness (QED) is 0.249. The number of aromatic hydroxyl groups is 2. The number of hydrogen-bond acceptors (Lipinski definition) is 2. The largest absolute Gasteiger partial charge is 0.505 e. The summed E-state index contributed by atoms with van der Waals surface area (Å²) in [6.07, 6.45) is 11.9. The maximum atomic E-state index is 13.4. The van der Waals surface area contributed by atoms with Gasteiger partial charge in [-0.2, -0.15) is 8.78 Å². The highest BCUT2D eigenvalue weighted by molar-refractivity contribution is 5.30. The molecule has 0 aromatic heterocycles. The van der Waals surface area contributed by atoms with Crippen LogP contribution in [0.3, 0.4) is 0 Å². The predicted molar refractivity (Wildman–Crippen MR) is 121 cm³/mol. The molecule has 0 bridgehead atoms. The van der Waals surface area contributed by atoms with E-state index in [-0.39, 0.29) is 0 Å². The van der Waals surface area contributed by atoms with Crippen LogP contribution in [0.5, 0.6) is 11.5 Å². The van der Waals surface area contributed by atoms with Crippen LogP contribution < -0.4 is 0 Å². The van der Waals surface area contributed by atoms with Gasteiger partial charge < -0.3 is 10.2 Å². The lowest BCUT2D eigenvalue weighted by atomic mass is 10.0. The molecular formula is C26H36F4O2. The van der Waals surface area contributed by atoms with Crippen molar-refractivity contribution in [2.45, 2.75) is 90.9 Å². The van der Waals surface area contributed by atoms with E-state index in [1.54, 1.807) is 0 Å². The standard InChI is InChI=1S/C14H20F2O.C12H16F2O/c1-2-3-4-5-6-7-8-11-9-10-12(17)14(16)13(11)15;1-2-3-4-5-6-9-7-8-10(15)12(14)11(9)13/h9-10,17H,2-8H2,1H3;7-8,15H,2-6H2,1H3. The van der Waals surface area contributed by atoms with Gasteiger partial charge in [-0.15, -0.1) is 0 Å². The molecule has 2 nitrogen and oxygen atoms in total. The van der Waals surface area contributed by atoms with Crippen molar-refractivity contribution in [3.05, 3.63) is 58.7 Å². The lowest BCUT2D eigenvalue weighted by molar-refractivity contribution is 0.403. The topological polar surface area (TPSA) is 40.5 Å². The third kappa shape index (κ3) is 9.49. The molecule has 2 aromatic carbocycles. The van der Waals surface area contributed by atoms with Crippen molar-refractivity contribution in [3.63, 3.8) is 0 Å². The van der Waals surface area contributed by atoms with E-state index in [9.17, 15) is 17.6 Å². The van der Waals surface area contributed by atoms with Gasteiger partial charge in [0, 0.05) is 0 Å². The zero-order valence-corrected chi connectivity index (χ0v) is 19.2. The lowest BCUT2D eigenvalue weighted by Gasteiger charge is -2.05. The zero-order chi connectivity index (χ0) is 23.9. The Balaban J connectivity index is 0.000000323. The maximum absolute atomic E-state index is 13.4. The summed E-state index contributed by atoms with van der Waals surface area (Å²) in [4.78, 5) is 0. The second-order valence-corrected chi connectivity index (χ2v) is 8.07. The Hall–Kier alpha value is -2.24. The number of phenolic OH excluding ortho intramolecular Hbond substituents is 2. The third-order valence-electron chi connectivity index (χ3n) is 5.38. The van der Waals surface area contributed by atoms with Gasteiger partial charge in [0.2, 0.25) is 11.6 Å². The highest BCUT2D eigenvalue weighted by Crippen LogP contribution is 2.23. The molecule has 0 amide bonds. The smallest absolute Gasteiger partial charge is 0.200 e. The Bertz CT molecular complexity index is 809. The highest BCUT2D eigenvalue weighted by Gasteiger charge is 2.12. The van der Waals surface area contributed by atoms with E-state index in [0.717, 1.165) is 44.9 Å². The molecule has 0 unspecified atom stereocenters. The van der Waals surface area contributed by atoms with Crippen molar-refractivity contribution in [1.82, 2.24) is 0 Å². The first kappa shape index (κ1) is 27.8. The summed E-state index contributed by atoms with van der Waals surface area (Å²) in [5.74, 6) is -5.32. The monoisotopic (exact) mass is 456 g/mol. The van der Waals surface area contributed by atoms with Gasteiger partial charge >= 0.3 is 0 Å². The van der Waals surface area contributed by atoms with Gasteiger partial charge in [-0.1, -0.05) is 77.3 Å². The van der Waals surface area contributed by atoms with Crippen molar-refractivity contribution >= 4 is 0 Å². The third-order valence-corrected chi connectivity index (χ3v) is 5.38. The summed E-state index contributed by atoms with van der Waals surface area (Å²) >= 11 is 0. The summed E-state index contributed by atoms with van der Waals surface area (Å²) in [6.45, 7) is 4.26. The van der Waals surface area contributed by atoms with Crippen LogP contribution in [-0.2, 0) is 12.8 Å². The summed E-state index contributed by atoms with van der Waals surface area (Å²) in [5.41, 5.74) is 0.706. The molecule has 2 N–H and O–H groups in total. The molecule has 0 saturated heterocycles. The average molecular weight is 457 g/mol. The molecule has 0 fully saturated rings. The van der Waals surface area contributed by atoms with E-state index in [0.29, 0.717) is 24.0 Å². The van der Waals surface area contributed by atoms with Crippen LogP contribution in [0.15, 0.2) is 24.3 Å². The predicted octanol–water partition coefficient (Wildman–Crippen LogP) is 8.37. The molecule has 32 heavy (non-hydrogen) atoms. The van der Waals surface area contributed by atoms with Crippen molar-refractivity contribution < 1.29 is 27.8 Å². The van der Waals surface area contributed by atoms with E-state index < -0.39 is 34.8 Å². The van der Waals surface area contributed by atoms with Gasteiger partial charge in [0.05, 0.1) is 0 Å². The fraction of sp³-hybridized carbons (Fsp3) is 0.538. The molecule has 0 aliphatic rings. The Labute approximate surface area is 189 Å². The number of aryl methyl sites for hydroxylation is 2. The minimum absolute atomic E-state index is 0.349. The Morgan fingerprint density at radius 1 is 0.500 bits per heavy atom. The van der Waals surface area contributed by atoms with Crippen molar-refractivity contribution in [1.29, 1.82) is 0 Å². The summed E-state index contributed by atoms with van der Waals surface area (Å²) < 4.78 is 52.6. The first-order valence-corrected chi connectivity index (χ1v) is 11.6. The van der Waals surface area contributed by atoms with E-state index in [1.165, 1.54) is 43.5 Å². The van der Waals surface area contributed by atoms with Crippen LogP contribution in [0.4, 0.5) is 17.6 Å². The van der Waals surface area contributed by atoms with Crippen LogP contribution in [0.2, 0.25) is 0 Å². The molecule has 0 radical (unpaired) electrons. The lowest BCUT2D eigenvalue weighted by Crippen LogP contribution is -1.95. The number of unbranched alkanes of at least 4 members (excludes halogenated alkanes) is 8. The number of halogens is 4. The number of rotatable bonds is 12. The molecule has 2 aromatic rings. The van der Waals surface area contributed by atoms with Gasteiger partial charge in [0.25, 0.3) is 0 Å². The minimum Gasteiger partial charge on any atom is -0.505 e. The van der Waals surface area contributed by atoms with Gasteiger partial charge in [0.15, 0.2) is 23.1 Å². The van der Waals surface area contributed by atoms with E-state index in [4.69, 9.17) is 10.2 Å². The number of phenols is 2. The summed E-state index contributed by atoms with van der Waals surface area (Å²) in [7, 11) is 0. The minimum atomic E-state index is -1.14. The van der Waals surface area contributed by atoms with Gasteiger partial charge in [-0.05, 0) is 48.9 Å². The molecule has 0 spiro atoms. The Morgan fingerprint density at radius 3 is 1.25 bits per heavy atom. The molecule has 0 aliphatic heterocycles. The molecule has 0 saturated carbocycles. The van der Waals surface area contributed by atoms with Crippen LogP contribution in [0.1, 0.15) is 89.2 Å². The van der Waals surface area contributed by atoms with E-state index in [2.05, 4.69) is 13.8 Å². The molecule has 180 valence electrons. The average Bonchev–Trinajstić information content (AvgIpc) is 2.79. The second-order valence-electron chi connectivity index (χ2n) is 8.07. The molecular weight excluding hydrogens is 420 g/mol. The summed E-state index contributed by atoms with van der Waals surface area (Å²) in [5, 5.41) is 17.9. The Kier molecular flexibility index (Phi) is 13.5. The van der Waals surface area contributed by atoms with Crippen molar-refractivity contribution in [2.75, 3.05) is 0 Å². The molecule has 0 aliphatic carbocycles. The first-order chi connectivity index (χ1) is 15.3. The van der Waals surface area contributed by atoms with Crippen LogP contribution in [-0.4, -0.2) is 10.2 Å². The summed E-state index contributed by atoms with van der Waals surface area (Å²) in [6, 6.07) is 5.32. The van der Waals surface area contributed by atoms with Crippen LogP contribution in [0, 0.1) is 23.3 Å². The number of hydrogen-bond donors (Lipinski definition) is 2. The molecule has 6 heteroatoms. The molecule has 0 atom stereocenters. The highest BCUT2D eigenvalue weighted by atomic mass is 19.2. The van der Waals surface area contributed by atoms with E-state index >= 15 is 0 Å². The fourth-order valence-corrected chi connectivity index (χ4v) is 3.38. The van der Waals surface area contributed by atoms with Crippen molar-refractivity contribution in [2.24, 2.45) is 0 Å². The molecule has 0 heterocycles. The normalized spacial score (nSPS) is 10.7. The second kappa shape index (κ2) is 15.5. The van der Waals surface area contributed by atoms with Gasteiger partial charge in [0.1, 0.15) is 0 Å². The van der Waals surface area contributed by atoms with Gasteiger partial charge in [-0.25, -0.2) is 8.78 Å². The Morgan fingerprint density at radius 2 is 0.844 bits per heavy atom.